The Morgan fingerprint density at radius 3 is 2.17 bits per heavy atom. The number of aryl methyl sites for hydroxylation is 1. The molecule has 1 aliphatic rings. The van der Waals surface area contributed by atoms with Crippen LogP contribution in [0, 0.1) is 6.92 Å². The van der Waals surface area contributed by atoms with Gasteiger partial charge in [0, 0.05) is 37.1 Å². The molecule has 220 valence electrons. The molecule has 0 aliphatic carbocycles. The van der Waals surface area contributed by atoms with Gasteiger partial charge < -0.3 is 14.9 Å². The van der Waals surface area contributed by atoms with Gasteiger partial charge in [0.05, 0.1) is 41.1 Å². The summed E-state index contributed by atoms with van der Waals surface area (Å²) in [6, 6.07) is 4.61. The number of alkyl halides is 6. The first-order chi connectivity index (χ1) is 19.1. The maximum atomic E-state index is 13.9. The van der Waals surface area contributed by atoms with E-state index in [4.69, 9.17) is 0 Å². The van der Waals surface area contributed by atoms with Gasteiger partial charge in [-0.05, 0) is 75.1 Å². The molecule has 0 bridgehead atoms. The smallest absolute Gasteiger partial charge is 0.394 e. The Bertz CT molecular complexity index is 1410. The van der Waals surface area contributed by atoms with Crippen LogP contribution in [0.5, 0.6) is 0 Å². The number of aromatic nitrogens is 2. The molecule has 6 nitrogen and oxygen atoms in total. The van der Waals surface area contributed by atoms with Crippen LogP contribution in [0.3, 0.4) is 0 Å². The lowest BCUT2D eigenvalue weighted by Gasteiger charge is -2.32. The second kappa shape index (κ2) is 11.0. The number of amides is 1. The van der Waals surface area contributed by atoms with Crippen LogP contribution in [0.1, 0.15) is 48.9 Å². The normalized spacial score (nSPS) is 16.3. The molecule has 0 spiro atoms. The van der Waals surface area contributed by atoms with E-state index >= 15 is 0 Å². The number of nitrogens with zero attached hydrogens (tertiary/aromatic N) is 4. The van der Waals surface area contributed by atoms with E-state index in [0.717, 1.165) is 18.4 Å². The molecule has 0 unspecified atom stereocenters. The Balaban J connectivity index is 1.82. The quantitative estimate of drug-likeness (QED) is 0.342. The molecule has 1 amide bonds. The zero-order chi connectivity index (χ0) is 30.3. The van der Waals surface area contributed by atoms with Gasteiger partial charge in [-0.25, -0.2) is 4.98 Å². The van der Waals surface area contributed by atoms with Crippen molar-refractivity contribution in [1.82, 2.24) is 9.97 Å². The maximum Gasteiger partial charge on any atom is 0.416 e. The number of likely N-dealkylation sites (N-methyl/N-ethyl adjacent to an activating group) is 1. The van der Waals surface area contributed by atoms with Crippen molar-refractivity contribution < 1.29 is 36.2 Å². The number of anilines is 2. The van der Waals surface area contributed by atoms with E-state index in [2.05, 4.69) is 9.97 Å². The van der Waals surface area contributed by atoms with Crippen LogP contribution in [0.4, 0.5) is 37.8 Å². The predicted octanol–water partition coefficient (Wildman–Crippen LogP) is 6.39. The minimum atomic E-state index is -5.05. The number of halogens is 6. The molecule has 1 saturated heterocycles. The van der Waals surface area contributed by atoms with Gasteiger partial charge in [0.2, 0.25) is 5.91 Å². The van der Waals surface area contributed by atoms with Crippen LogP contribution in [-0.4, -0.2) is 47.2 Å². The molecule has 1 N–H and O–H groups in total. The summed E-state index contributed by atoms with van der Waals surface area (Å²) in [5.74, 6) is -0.173. The molecular formula is C29H30F6N4O2. The van der Waals surface area contributed by atoms with Crippen LogP contribution in [0.15, 0.2) is 48.9 Å². The van der Waals surface area contributed by atoms with Crippen LogP contribution in [-0.2, 0) is 22.6 Å². The molecule has 1 fully saturated rings. The van der Waals surface area contributed by atoms with E-state index in [1.165, 1.54) is 32.0 Å². The first kappa shape index (κ1) is 30.3. The van der Waals surface area contributed by atoms with Crippen LogP contribution in [0.2, 0.25) is 0 Å². The Kier molecular flexibility index (Phi) is 8.10. The lowest BCUT2D eigenvalue weighted by atomic mass is 9.81. The highest BCUT2D eigenvalue weighted by atomic mass is 19.4. The number of benzene rings is 1. The number of hydrogen-bond donors (Lipinski definition) is 1. The Hall–Kier alpha value is -3.67. The molecule has 2 aromatic heterocycles. The average Bonchev–Trinajstić information content (AvgIpc) is 3.40. The zero-order valence-corrected chi connectivity index (χ0v) is 22.9. The molecule has 12 heteroatoms. The van der Waals surface area contributed by atoms with Crippen molar-refractivity contribution in [2.24, 2.45) is 0 Å². The fraction of sp³-hybridized carbons (Fsp3) is 0.414. The number of rotatable bonds is 6. The summed E-state index contributed by atoms with van der Waals surface area (Å²) in [5, 5.41) is 9.81. The van der Waals surface area contributed by atoms with E-state index in [1.807, 2.05) is 11.8 Å². The van der Waals surface area contributed by atoms with Gasteiger partial charge in [0.25, 0.3) is 0 Å². The number of aliphatic hydroxyl groups excluding tert-OH is 1. The van der Waals surface area contributed by atoms with Gasteiger partial charge in [-0.2, -0.15) is 26.3 Å². The summed E-state index contributed by atoms with van der Waals surface area (Å²) in [7, 11) is 1.40. The van der Waals surface area contributed by atoms with Gasteiger partial charge in [0.15, 0.2) is 0 Å². The summed E-state index contributed by atoms with van der Waals surface area (Å²) in [5.41, 5.74) is -2.86. The standard InChI is InChI=1S/C29H30F6N4O2/c1-17-7-8-36-14-23(17)22-13-25(39-9-5-6-21(39)16-40)37-15-24(22)38(4)26(41)27(2,3)18-10-19(28(30,31)32)12-20(11-18)29(33,34)35/h7-8,10-15,21,40H,5-6,9,16H2,1-4H3/t21-/m0/s1. The number of pyridine rings is 2. The fourth-order valence-electron chi connectivity index (χ4n) is 5.12. The summed E-state index contributed by atoms with van der Waals surface area (Å²) in [6.45, 7) is 5.03. The summed E-state index contributed by atoms with van der Waals surface area (Å²) < 4.78 is 81.3. The number of aliphatic hydroxyl groups is 1. The molecular weight excluding hydrogens is 550 g/mol. The maximum absolute atomic E-state index is 13.9. The molecule has 1 aromatic carbocycles. The first-order valence-corrected chi connectivity index (χ1v) is 12.9. The molecule has 3 aromatic rings. The molecule has 3 heterocycles. The minimum absolute atomic E-state index is 0.0394. The number of hydrogen-bond acceptors (Lipinski definition) is 5. The first-order valence-electron chi connectivity index (χ1n) is 12.9. The molecule has 4 rings (SSSR count). The van der Waals surface area contributed by atoms with E-state index < -0.39 is 40.4 Å². The summed E-state index contributed by atoms with van der Waals surface area (Å²) in [6.07, 6.45) is -3.79. The SMILES string of the molecule is Cc1ccncc1-c1cc(N2CCC[C@H]2CO)ncc1N(C)C(=O)C(C)(C)c1cc(C(F)(F)F)cc(C(F)(F)F)c1. The lowest BCUT2D eigenvalue weighted by molar-refractivity contribution is -0.143. The van der Waals surface area contributed by atoms with Crippen molar-refractivity contribution in [3.05, 3.63) is 71.2 Å². The average molecular weight is 581 g/mol. The van der Waals surface area contributed by atoms with Crippen molar-refractivity contribution in [3.8, 4) is 11.1 Å². The topological polar surface area (TPSA) is 69.6 Å². The van der Waals surface area contributed by atoms with Crippen LogP contribution < -0.4 is 9.80 Å². The molecule has 1 atom stereocenters. The number of carbonyl (C=O) groups excluding carboxylic acids is 1. The van der Waals surface area contributed by atoms with Gasteiger partial charge in [-0.3, -0.25) is 9.78 Å². The molecule has 41 heavy (non-hydrogen) atoms. The van der Waals surface area contributed by atoms with E-state index in [9.17, 15) is 36.2 Å². The van der Waals surface area contributed by atoms with Gasteiger partial charge in [0.1, 0.15) is 5.82 Å². The Morgan fingerprint density at radius 1 is 1.00 bits per heavy atom. The highest BCUT2D eigenvalue weighted by Gasteiger charge is 2.41. The summed E-state index contributed by atoms with van der Waals surface area (Å²) in [4.78, 5) is 25.8. The Labute approximate surface area is 233 Å². The van der Waals surface area contributed by atoms with E-state index in [-0.39, 0.29) is 18.7 Å². The zero-order valence-electron chi connectivity index (χ0n) is 22.9. The van der Waals surface area contributed by atoms with Gasteiger partial charge >= 0.3 is 12.4 Å². The monoisotopic (exact) mass is 580 g/mol. The third-order valence-corrected chi connectivity index (χ3v) is 7.59. The minimum Gasteiger partial charge on any atom is -0.394 e. The third kappa shape index (κ3) is 6.02. The molecule has 1 aliphatic heterocycles. The van der Waals surface area contributed by atoms with E-state index in [0.29, 0.717) is 41.3 Å². The van der Waals surface area contributed by atoms with Crippen molar-refractivity contribution in [2.45, 2.75) is 57.4 Å². The Morgan fingerprint density at radius 2 is 1.61 bits per heavy atom. The largest absolute Gasteiger partial charge is 0.416 e. The molecule has 0 radical (unpaired) electrons. The lowest BCUT2D eigenvalue weighted by Crippen LogP contribution is -2.42. The summed E-state index contributed by atoms with van der Waals surface area (Å²) >= 11 is 0. The van der Waals surface area contributed by atoms with Crippen molar-refractivity contribution in [1.29, 1.82) is 0 Å². The highest BCUT2D eigenvalue weighted by molar-refractivity contribution is 6.03. The molecule has 0 saturated carbocycles. The third-order valence-electron chi connectivity index (χ3n) is 7.59. The highest BCUT2D eigenvalue weighted by Crippen LogP contribution is 2.41. The van der Waals surface area contributed by atoms with Crippen LogP contribution >= 0.6 is 0 Å². The van der Waals surface area contributed by atoms with Gasteiger partial charge in [-0.1, -0.05) is 0 Å². The van der Waals surface area contributed by atoms with Gasteiger partial charge in [-0.15, -0.1) is 0 Å². The predicted molar refractivity (Wildman–Crippen MR) is 143 cm³/mol. The second-order valence-electron chi connectivity index (χ2n) is 10.7. The van der Waals surface area contributed by atoms with Crippen molar-refractivity contribution in [2.75, 3.05) is 30.0 Å². The van der Waals surface area contributed by atoms with E-state index in [1.54, 1.807) is 24.5 Å². The van der Waals surface area contributed by atoms with Crippen LogP contribution in [0.25, 0.3) is 11.1 Å². The number of carbonyl (C=O) groups is 1. The van der Waals surface area contributed by atoms with Crippen molar-refractivity contribution >= 4 is 17.4 Å². The van der Waals surface area contributed by atoms with Crippen molar-refractivity contribution in [3.63, 3.8) is 0 Å². The second-order valence-corrected chi connectivity index (χ2v) is 10.7. The fourth-order valence-corrected chi connectivity index (χ4v) is 5.12.